The second-order valence-corrected chi connectivity index (χ2v) is 10.3. The molecular weight excluding hydrogens is 472 g/mol. The molecule has 0 aliphatic carbocycles. The zero-order chi connectivity index (χ0) is 25.9. The van der Waals surface area contributed by atoms with Gasteiger partial charge >= 0.3 is 0 Å². The van der Waals surface area contributed by atoms with E-state index >= 15 is 0 Å². The molecule has 2 heterocycles. The van der Waals surface area contributed by atoms with Crippen molar-refractivity contribution < 1.29 is 0 Å². The molecule has 0 spiro atoms. The van der Waals surface area contributed by atoms with E-state index < -0.39 is 0 Å². The molecule has 0 unspecified atom stereocenters. The van der Waals surface area contributed by atoms with E-state index in [1.807, 2.05) is 0 Å². The third-order valence-corrected chi connectivity index (χ3v) is 7.99. The Hall–Kier alpha value is -5.08. The lowest BCUT2D eigenvalue weighted by Crippen LogP contribution is -1.94. The SMILES string of the molecule is Cc1ccc(-n2c3ccccc3c3ccc(-c4ccc5c6ccccc6n(-c6ccccc6)c5c4)cc32)cc1. The van der Waals surface area contributed by atoms with Crippen LogP contribution in [0.25, 0.3) is 66.1 Å². The summed E-state index contributed by atoms with van der Waals surface area (Å²) >= 11 is 0. The number of hydrogen-bond donors (Lipinski definition) is 0. The molecule has 8 aromatic rings. The van der Waals surface area contributed by atoms with E-state index in [-0.39, 0.29) is 0 Å². The first kappa shape index (κ1) is 22.0. The lowest BCUT2D eigenvalue weighted by atomic mass is 10.0. The average Bonchev–Trinajstić information content (AvgIpc) is 3.50. The Labute approximate surface area is 227 Å². The van der Waals surface area contributed by atoms with Crippen molar-refractivity contribution in [1.29, 1.82) is 0 Å². The Bertz CT molecular complexity index is 2160. The number of aryl methyl sites for hydroxylation is 1. The summed E-state index contributed by atoms with van der Waals surface area (Å²) in [5.74, 6) is 0. The van der Waals surface area contributed by atoms with E-state index in [2.05, 4.69) is 156 Å². The van der Waals surface area contributed by atoms with E-state index in [1.165, 1.54) is 71.7 Å². The first-order valence-corrected chi connectivity index (χ1v) is 13.5. The third-order valence-electron chi connectivity index (χ3n) is 7.99. The summed E-state index contributed by atoms with van der Waals surface area (Å²) in [6.45, 7) is 2.14. The van der Waals surface area contributed by atoms with Gasteiger partial charge in [-0.05, 0) is 66.6 Å². The quantitative estimate of drug-likeness (QED) is 0.229. The van der Waals surface area contributed by atoms with Gasteiger partial charge in [0.15, 0.2) is 0 Å². The molecule has 2 heteroatoms. The van der Waals surface area contributed by atoms with E-state index in [1.54, 1.807) is 0 Å². The van der Waals surface area contributed by atoms with Crippen LogP contribution < -0.4 is 0 Å². The molecule has 0 fully saturated rings. The van der Waals surface area contributed by atoms with E-state index in [0.717, 1.165) is 0 Å². The van der Waals surface area contributed by atoms with Gasteiger partial charge in [-0.3, -0.25) is 0 Å². The van der Waals surface area contributed by atoms with Crippen molar-refractivity contribution in [3.8, 4) is 22.5 Å². The monoisotopic (exact) mass is 498 g/mol. The first-order chi connectivity index (χ1) is 19.3. The van der Waals surface area contributed by atoms with Crippen LogP contribution in [0.5, 0.6) is 0 Å². The van der Waals surface area contributed by atoms with Gasteiger partial charge in [0.05, 0.1) is 22.1 Å². The van der Waals surface area contributed by atoms with Crippen molar-refractivity contribution in [2.24, 2.45) is 0 Å². The molecule has 0 bridgehead atoms. The fraction of sp³-hybridized carbons (Fsp3) is 0.0270. The molecule has 2 aromatic heterocycles. The lowest BCUT2D eigenvalue weighted by Gasteiger charge is -2.11. The summed E-state index contributed by atoms with van der Waals surface area (Å²) in [4.78, 5) is 0. The highest BCUT2D eigenvalue weighted by Gasteiger charge is 2.15. The molecule has 0 aliphatic heterocycles. The second-order valence-electron chi connectivity index (χ2n) is 10.3. The second kappa shape index (κ2) is 8.47. The summed E-state index contributed by atoms with van der Waals surface area (Å²) in [7, 11) is 0. The molecule has 0 N–H and O–H groups in total. The largest absolute Gasteiger partial charge is 0.309 e. The normalized spacial score (nSPS) is 11.7. The van der Waals surface area contributed by atoms with Gasteiger partial charge in [0.2, 0.25) is 0 Å². The van der Waals surface area contributed by atoms with Crippen molar-refractivity contribution in [1.82, 2.24) is 9.13 Å². The summed E-state index contributed by atoms with van der Waals surface area (Å²) < 4.78 is 4.78. The molecule has 0 radical (unpaired) electrons. The molecule has 0 aliphatic rings. The number of para-hydroxylation sites is 3. The van der Waals surface area contributed by atoms with Gasteiger partial charge in [-0.1, -0.05) is 96.6 Å². The Morgan fingerprint density at radius 3 is 1.33 bits per heavy atom. The van der Waals surface area contributed by atoms with Gasteiger partial charge < -0.3 is 9.13 Å². The van der Waals surface area contributed by atoms with Crippen molar-refractivity contribution in [2.75, 3.05) is 0 Å². The van der Waals surface area contributed by atoms with Crippen molar-refractivity contribution in [3.63, 3.8) is 0 Å². The fourth-order valence-electron chi connectivity index (χ4n) is 6.13. The summed E-state index contributed by atoms with van der Waals surface area (Å²) in [5.41, 5.74) is 11.0. The smallest absolute Gasteiger partial charge is 0.0547 e. The highest BCUT2D eigenvalue weighted by Crippen LogP contribution is 2.38. The minimum Gasteiger partial charge on any atom is -0.309 e. The maximum Gasteiger partial charge on any atom is 0.0547 e. The molecule has 184 valence electrons. The van der Waals surface area contributed by atoms with Crippen LogP contribution in [0.1, 0.15) is 5.56 Å². The zero-order valence-electron chi connectivity index (χ0n) is 21.7. The standard InChI is InChI=1S/C37H26N2/c1-25-15-19-29(20-16-25)39-35-14-8-6-12-31(35)33-22-18-27(24-37(33)39)26-17-21-32-30-11-5-7-13-34(30)38(36(32)23-26)28-9-3-2-4-10-28/h2-24H,1H3. The molecule has 8 rings (SSSR count). The van der Waals surface area contributed by atoms with Gasteiger partial charge in [-0.15, -0.1) is 0 Å². The minimum absolute atomic E-state index is 1.18. The summed E-state index contributed by atoms with van der Waals surface area (Å²) in [6.07, 6.45) is 0. The van der Waals surface area contributed by atoms with Gasteiger partial charge in [0, 0.05) is 32.9 Å². The van der Waals surface area contributed by atoms with Gasteiger partial charge in [-0.25, -0.2) is 0 Å². The molecule has 0 atom stereocenters. The Morgan fingerprint density at radius 1 is 0.359 bits per heavy atom. The van der Waals surface area contributed by atoms with E-state index in [0.29, 0.717) is 0 Å². The Kier molecular flexibility index (Phi) is 4.77. The third kappa shape index (κ3) is 3.35. The lowest BCUT2D eigenvalue weighted by molar-refractivity contribution is 1.17. The molecule has 0 saturated carbocycles. The van der Waals surface area contributed by atoms with Crippen LogP contribution in [0, 0.1) is 6.92 Å². The van der Waals surface area contributed by atoms with Crippen LogP contribution in [-0.2, 0) is 0 Å². The number of nitrogens with zero attached hydrogens (tertiary/aromatic N) is 2. The number of aromatic nitrogens is 2. The Balaban J connectivity index is 1.39. The predicted octanol–water partition coefficient (Wildman–Crippen LogP) is 9.86. The molecule has 2 nitrogen and oxygen atoms in total. The molecule has 0 saturated heterocycles. The number of fused-ring (bicyclic) bond motifs is 6. The first-order valence-electron chi connectivity index (χ1n) is 13.5. The zero-order valence-corrected chi connectivity index (χ0v) is 21.7. The topological polar surface area (TPSA) is 9.86 Å². The number of hydrogen-bond acceptors (Lipinski definition) is 0. The highest BCUT2D eigenvalue weighted by molar-refractivity contribution is 6.12. The van der Waals surface area contributed by atoms with Crippen molar-refractivity contribution in [3.05, 3.63) is 145 Å². The molecule has 6 aromatic carbocycles. The van der Waals surface area contributed by atoms with Crippen LogP contribution >= 0.6 is 0 Å². The number of benzene rings is 6. The molecule has 39 heavy (non-hydrogen) atoms. The van der Waals surface area contributed by atoms with Gasteiger partial charge in [-0.2, -0.15) is 0 Å². The summed E-state index contributed by atoms with van der Waals surface area (Å²) in [5, 5.41) is 5.10. The Morgan fingerprint density at radius 2 is 0.795 bits per heavy atom. The summed E-state index contributed by atoms with van der Waals surface area (Å²) in [6, 6.07) is 50.7. The minimum atomic E-state index is 1.18. The average molecular weight is 499 g/mol. The van der Waals surface area contributed by atoms with Crippen LogP contribution in [-0.4, -0.2) is 9.13 Å². The number of rotatable bonds is 3. The van der Waals surface area contributed by atoms with Crippen LogP contribution in [0.3, 0.4) is 0 Å². The van der Waals surface area contributed by atoms with Gasteiger partial charge in [0.1, 0.15) is 0 Å². The molecule has 0 amide bonds. The predicted molar refractivity (Wildman–Crippen MR) is 165 cm³/mol. The maximum absolute atomic E-state index is 2.40. The van der Waals surface area contributed by atoms with Crippen molar-refractivity contribution in [2.45, 2.75) is 6.92 Å². The van der Waals surface area contributed by atoms with Gasteiger partial charge in [0.25, 0.3) is 0 Å². The maximum atomic E-state index is 2.40. The van der Waals surface area contributed by atoms with Crippen LogP contribution in [0.2, 0.25) is 0 Å². The van der Waals surface area contributed by atoms with Crippen LogP contribution in [0.15, 0.2) is 140 Å². The van der Waals surface area contributed by atoms with E-state index in [4.69, 9.17) is 0 Å². The highest BCUT2D eigenvalue weighted by atomic mass is 15.0. The molecular formula is C37H26N2. The van der Waals surface area contributed by atoms with E-state index in [9.17, 15) is 0 Å². The fourth-order valence-corrected chi connectivity index (χ4v) is 6.13. The van der Waals surface area contributed by atoms with Crippen LogP contribution in [0.4, 0.5) is 0 Å². The van der Waals surface area contributed by atoms with Crippen molar-refractivity contribution >= 4 is 43.6 Å².